The van der Waals surface area contributed by atoms with Crippen LogP contribution in [0.3, 0.4) is 0 Å². The third-order valence-corrected chi connectivity index (χ3v) is 5.45. The van der Waals surface area contributed by atoms with Gasteiger partial charge in [0.2, 0.25) is 0 Å². The minimum absolute atomic E-state index is 0.0459. The predicted molar refractivity (Wildman–Crippen MR) is 111 cm³/mol. The van der Waals surface area contributed by atoms with E-state index in [4.69, 9.17) is 4.74 Å². The van der Waals surface area contributed by atoms with Crippen molar-refractivity contribution in [3.05, 3.63) is 59.7 Å². The number of rotatable bonds is 11. The Morgan fingerprint density at radius 1 is 1.04 bits per heavy atom. The third kappa shape index (κ3) is 6.98. The number of anilines is 1. The first-order valence-electron chi connectivity index (χ1n) is 9.48. The van der Waals surface area contributed by atoms with Crippen LogP contribution in [0.4, 0.5) is 5.69 Å². The van der Waals surface area contributed by atoms with Crippen LogP contribution in [-0.4, -0.2) is 34.1 Å². The van der Waals surface area contributed by atoms with Crippen molar-refractivity contribution in [2.45, 2.75) is 38.0 Å². The summed E-state index contributed by atoms with van der Waals surface area (Å²) in [5.74, 6) is -0.304. The Balaban J connectivity index is 1.94. The number of ether oxygens (including phenoxy) is 1. The zero-order valence-corrected chi connectivity index (χ0v) is 17.2. The molecule has 0 aliphatic rings. The number of amides is 1. The van der Waals surface area contributed by atoms with E-state index in [1.54, 1.807) is 30.3 Å². The maximum absolute atomic E-state index is 12.6. The molecular formula is C21H28N2O4S. The molecule has 6 nitrogen and oxygen atoms in total. The maximum Gasteiger partial charge on any atom is 0.261 e. The second-order valence-electron chi connectivity index (χ2n) is 6.58. The van der Waals surface area contributed by atoms with Crippen molar-refractivity contribution in [1.82, 2.24) is 5.32 Å². The highest BCUT2D eigenvalue weighted by atomic mass is 32.2. The van der Waals surface area contributed by atoms with E-state index in [1.165, 1.54) is 12.1 Å². The molecule has 0 unspecified atom stereocenters. The van der Waals surface area contributed by atoms with E-state index >= 15 is 0 Å². The summed E-state index contributed by atoms with van der Waals surface area (Å²) in [6.45, 7) is 5.79. The van der Waals surface area contributed by atoms with Gasteiger partial charge >= 0.3 is 0 Å². The lowest BCUT2D eigenvalue weighted by molar-refractivity contribution is 0.0940. The first kappa shape index (κ1) is 21.9. The molecule has 1 amide bonds. The molecule has 0 fully saturated rings. The van der Waals surface area contributed by atoms with E-state index < -0.39 is 10.0 Å². The zero-order valence-electron chi connectivity index (χ0n) is 16.4. The number of nitrogens with one attached hydrogen (secondary N) is 2. The van der Waals surface area contributed by atoms with Gasteiger partial charge in [-0.2, -0.15) is 0 Å². The fourth-order valence-corrected chi connectivity index (χ4v) is 3.65. The van der Waals surface area contributed by atoms with E-state index in [0.717, 1.165) is 25.0 Å². The largest absolute Gasteiger partial charge is 0.381 e. The van der Waals surface area contributed by atoms with Crippen LogP contribution in [0.1, 0.15) is 42.1 Å². The van der Waals surface area contributed by atoms with Crippen molar-refractivity contribution in [3.63, 3.8) is 0 Å². The highest BCUT2D eigenvalue weighted by molar-refractivity contribution is 7.92. The van der Waals surface area contributed by atoms with Gasteiger partial charge in [-0.1, -0.05) is 31.5 Å². The third-order valence-electron chi connectivity index (χ3n) is 4.07. The first-order valence-corrected chi connectivity index (χ1v) is 11.0. The first-order chi connectivity index (χ1) is 13.4. The highest BCUT2D eigenvalue weighted by Crippen LogP contribution is 2.18. The molecule has 0 saturated carbocycles. The van der Waals surface area contributed by atoms with Crippen molar-refractivity contribution < 1.29 is 17.9 Å². The molecule has 0 aromatic heterocycles. The van der Waals surface area contributed by atoms with Gasteiger partial charge in [0.05, 0.1) is 4.90 Å². The molecule has 0 heterocycles. The van der Waals surface area contributed by atoms with Crippen LogP contribution in [0, 0.1) is 6.92 Å². The Hall–Kier alpha value is -2.38. The average molecular weight is 405 g/mol. The molecule has 28 heavy (non-hydrogen) atoms. The topological polar surface area (TPSA) is 84.5 Å². The number of carbonyl (C=O) groups excluding carboxylic acids is 1. The number of carbonyl (C=O) groups is 1. The summed E-state index contributed by atoms with van der Waals surface area (Å²) in [6.07, 6.45) is 2.83. The molecular weight excluding hydrogens is 376 g/mol. The lowest BCUT2D eigenvalue weighted by atomic mass is 10.2. The van der Waals surface area contributed by atoms with Gasteiger partial charge < -0.3 is 10.1 Å². The molecule has 152 valence electrons. The van der Waals surface area contributed by atoms with Crippen LogP contribution in [-0.2, 0) is 14.8 Å². The lowest BCUT2D eigenvalue weighted by Gasteiger charge is -2.10. The zero-order chi connectivity index (χ0) is 20.4. The van der Waals surface area contributed by atoms with Crippen LogP contribution in [0.25, 0.3) is 0 Å². The van der Waals surface area contributed by atoms with Crippen molar-refractivity contribution >= 4 is 21.6 Å². The molecule has 2 N–H and O–H groups in total. The number of hydrogen-bond donors (Lipinski definition) is 2. The molecule has 2 aromatic carbocycles. The van der Waals surface area contributed by atoms with Crippen LogP contribution in [0.2, 0.25) is 0 Å². The van der Waals surface area contributed by atoms with Crippen LogP contribution in [0.5, 0.6) is 0 Å². The molecule has 7 heteroatoms. The van der Waals surface area contributed by atoms with Gasteiger partial charge in [0.15, 0.2) is 0 Å². The summed E-state index contributed by atoms with van der Waals surface area (Å²) in [4.78, 5) is 12.3. The van der Waals surface area contributed by atoms with Crippen molar-refractivity contribution in [2.24, 2.45) is 0 Å². The van der Waals surface area contributed by atoms with Gasteiger partial charge in [-0.15, -0.1) is 0 Å². The minimum atomic E-state index is -3.77. The van der Waals surface area contributed by atoms with E-state index in [9.17, 15) is 13.2 Å². The second kappa shape index (κ2) is 10.8. The monoisotopic (exact) mass is 404 g/mol. The number of unbranched alkanes of at least 4 members (excludes halogenated alkanes) is 1. The molecule has 0 aliphatic heterocycles. The van der Waals surface area contributed by atoms with Gasteiger partial charge in [0.1, 0.15) is 0 Å². The summed E-state index contributed by atoms with van der Waals surface area (Å²) in [6, 6.07) is 13.1. The van der Waals surface area contributed by atoms with Gasteiger partial charge in [-0.3, -0.25) is 9.52 Å². The second-order valence-corrected chi connectivity index (χ2v) is 8.26. The van der Waals surface area contributed by atoms with Crippen molar-refractivity contribution in [3.8, 4) is 0 Å². The Bertz CT molecular complexity index is 881. The summed E-state index contributed by atoms with van der Waals surface area (Å²) >= 11 is 0. The Morgan fingerprint density at radius 3 is 2.54 bits per heavy atom. The van der Waals surface area contributed by atoms with Gasteiger partial charge in [0, 0.05) is 31.0 Å². The highest BCUT2D eigenvalue weighted by Gasteiger charge is 2.16. The molecule has 0 spiro atoms. The van der Waals surface area contributed by atoms with Gasteiger partial charge in [-0.25, -0.2) is 8.42 Å². The number of benzene rings is 2. The fraction of sp³-hybridized carbons (Fsp3) is 0.381. The normalized spacial score (nSPS) is 11.2. The number of hydrogen-bond acceptors (Lipinski definition) is 4. The molecule has 2 rings (SSSR count). The summed E-state index contributed by atoms with van der Waals surface area (Å²) in [7, 11) is -3.77. The van der Waals surface area contributed by atoms with Crippen molar-refractivity contribution in [2.75, 3.05) is 24.5 Å². The van der Waals surface area contributed by atoms with Gasteiger partial charge in [0.25, 0.3) is 15.9 Å². The minimum Gasteiger partial charge on any atom is -0.381 e. The Labute approximate surface area is 167 Å². The molecule has 0 bridgehead atoms. The quantitative estimate of drug-likeness (QED) is 0.559. The molecule has 0 radical (unpaired) electrons. The predicted octanol–water partition coefficient (Wildman–Crippen LogP) is 3.73. The fourth-order valence-electron chi connectivity index (χ4n) is 2.55. The van der Waals surface area contributed by atoms with E-state index in [2.05, 4.69) is 17.0 Å². The SMILES string of the molecule is CCCCOCCCNC(=O)c1cccc(S(=O)(=O)Nc2cccc(C)c2)c1. The molecule has 0 aliphatic carbocycles. The average Bonchev–Trinajstić information content (AvgIpc) is 2.67. The van der Waals surface area contributed by atoms with Crippen molar-refractivity contribution in [1.29, 1.82) is 0 Å². The number of aryl methyl sites for hydroxylation is 1. The maximum atomic E-state index is 12.6. The summed E-state index contributed by atoms with van der Waals surface area (Å²) in [5.41, 5.74) is 1.74. The Kier molecular flexibility index (Phi) is 8.47. The molecule has 0 saturated heterocycles. The van der Waals surface area contributed by atoms with E-state index in [1.807, 2.05) is 13.0 Å². The van der Waals surface area contributed by atoms with E-state index in [-0.39, 0.29) is 10.8 Å². The summed E-state index contributed by atoms with van der Waals surface area (Å²) in [5, 5.41) is 2.79. The van der Waals surface area contributed by atoms with Crippen LogP contribution >= 0.6 is 0 Å². The molecule has 0 atom stereocenters. The summed E-state index contributed by atoms with van der Waals surface area (Å²) < 4.78 is 33.2. The number of sulfonamides is 1. The molecule has 2 aromatic rings. The van der Waals surface area contributed by atoms with Crippen LogP contribution < -0.4 is 10.0 Å². The van der Waals surface area contributed by atoms with E-state index in [0.29, 0.717) is 30.8 Å². The standard InChI is InChI=1S/C21H28N2O4S/c1-3-4-13-27-14-7-12-22-21(24)18-9-6-11-20(16-18)28(25,26)23-19-10-5-8-17(2)15-19/h5-6,8-11,15-16,23H,3-4,7,12-14H2,1-2H3,(H,22,24). The Morgan fingerprint density at radius 2 is 1.79 bits per heavy atom. The van der Waals surface area contributed by atoms with Crippen LogP contribution in [0.15, 0.2) is 53.4 Å². The lowest BCUT2D eigenvalue weighted by Crippen LogP contribution is -2.25. The smallest absolute Gasteiger partial charge is 0.261 e. The van der Waals surface area contributed by atoms with Gasteiger partial charge in [-0.05, 0) is 55.7 Å².